The number of nitrogens with one attached hydrogen (secondary N) is 3. The Morgan fingerprint density at radius 1 is 0.773 bits per heavy atom. The van der Waals surface area contributed by atoms with E-state index < -0.39 is 71.8 Å². The summed E-state index contributed by atoms with van der Waals surface area (Å²) in [5.41, 5.74) is 1.05. The van der Waals surface area contributed by atoms with Crippen LogP contribution in [0.3, 0.4) is 0 Å². The molecule has 1 aliphatic heterocycles. The molecule has 0 radical (unpaired) electrons. The third-order valence-corrected chi connectivity index (χ3v) is 12.7. The maximum Gasteiger partial charge on any atom is 0.410 e. The molecular weight excluding hydrogens is 841 g/mol. The number of hydrogen-bond donors (Lipinski definition) is 3. The maximum absolute atomic E-state index is 14.5. The number of imide groups is 1. The Balaban J connectivity index is 1.81. The van der Waals surface area contributed by atoms with E-state index in [0.29, 0.717) is 32.4 Å². The second kappa shape index (κ2) is 25.9. The Bertz CT molecular complexity index is 1870. The van der Waals surface area contributed by atoms with E-state index in [1.807, 2.05) is 93.4 Å². The number of ether oxygens (including phenoxy) is 3. The van der Waals surface area contributed by atoms with Gasteiger partial charge in [-0.3, -0.25) is 39.1 Å². The molecule has 368 valence electrons. The van der Waals surface area contributed by atoms with Crippen LogP contribution in [0.5, 0.6) is 0 Å². The second-order valence-corrected chi connectivity index (χ2v) is 19.6. The van der Waals surface area contributed by atoms with Gasteiger partial charge in [-0.2, -0.15) is 0 Å². The van der Waals surface area contributed by atoms with Crippen molar-refractivity contribution in [3.8, 4) is 0 Å². The average Bonchev–Trinajstić information content (AvgIpc) is 3.74. The second-order valence-electron chi connectivity index (χ2n) is 19.6. The van der Waals surface area contributed by atoms with Crippen molar-refractivity contribution in [2.24, 2.45) is 23.7 Å². The van der Waals surface area contributed by atoms with Crippen molar-refractivity contribution in [2.75, 3.05) is 34.9 Å². The van der Waals surface area contributed by atoms with Gasteiger partial charge in [0.25, 0.3) is 0 Å². The first-order chi connectivity index (χ1) is 31.1. The van der Waals surface area contributed by atoms with Gasteiger partial charge in [-0.05, 0) is 69.5 Å². The number of nitrogens with zero attached hydrogens (tertiary/aromatic N) is 3. The zero-order valence-corrected chi connectivity index (χ0v) is 42.1. The Morgan fingerprint density at radius 2 is 1.33 bits per heavy atom. The molecule has 0 spiro atoms. The molecule has 1 saturated heterocycles. The third kappa shape index (κ3) is 15.6. The fourth-order valence-corrected chi connectivity index (χ4v) is 9.25. The molecule has 0 aromatic heterocycles. The van der Waals surface area contributed by atoms with Gasteiger partial charge in [-0.15, -0.1) is 0 Å². The Hall–Kier alpha value is -4.86. The molecule has 3 N–H and O–H groups in total. The smallest absolute Gasteiger partial charge is 0.410 e. The minimum absolute atomic E-state index is 0.00837. The fourth-order valence-electron chi connectivity index (χ4n) is 9.25. The number of carbonyl (C=O) groups excluding carboxylic acids is 6. The van der Waals surface area contributed by atoms with Gasteiger partial charge in [0, 0.05) is 46.8 Å². The van der Waals surface area contributed by atoms with E-state index in [-0.39, 0.29) is 48.3 Å². The van der Waals surface area contributed by atoms with Crippen molar-refractivity contribution in [3.63, 3.8) is 0 Å². The lowest BCUT2D eigenvalue weighted by Gasteiger charge is -2.43. The molecule has 2 aromatic rings. The summed E-state index contributed by atoms with van der Waals surface area (Å²) < 4.78 is 17.7. The van der Waals surface area contributed by atoms with Gasteiger partial charge in [-0.25, -0.2) is 4.79 Å². The van der Waals surface area contributed by atoms with Crippen LogP contribution in [0.1, 0.15) is 106 Å². The Labute approximate surface area is 394 Å². The van der Waals surface area contributed by atoms with Crippen molar-refractivity contribution >= 4 is 35.6 Å². The topological polar surface area (TPSA) is 176 Å². The minimum Gasteiger partial charge on any atom is -0.444 e. The van der Waals surface area contributed by atoms with Crippen molar-refractivity contribution < 1.29 is 43.0 Å². The molecule has 2 aromatic carbocycles. The fraction of sp³-hybridized carbons (Fsp3) is 0.647. The zero-order valence-electron chi connectivity index (χ0n) is 42.1. The van der Waals surface area contributed by atoms with Crippen LogP contribution < -0.4 is 16.0 Å². The number of likely N-dealkylation sites (N-methyl/N-ethyl adjacent to an activating group) is 2. The summed E-state index contributed by atoms with van der Waals surface area (Å²) in [6, 6.07) is 15.6. The summed E-state index contributed by atoms with van der Waals surface area (Å²) >= 11 is 0. The lowest BCUT2D eigenvalue weighted by Crippen LogP contribution is -2.60. The monoisotopic (exact) mass is 921 g/mol. The zero-order chi connectivity index (χ0) is 49.5. The SMILES string of the molecule is CC[C@H](C)[C@@H]([C@@H](CC(=O)N1CCC[C@H]1[C@H](OC)[C@@H](C)C(=O)N[C@@H](Cc1ccccc1)C(=O)NCc1ccccc1)OC)N(C)[C@H](C(=O)NC(=O)[C@H](C(C)C)N(C)C(=O)OC(C)(C)C)C(C)C. The average molecular weight is 921 g/mol. The van der Waals surface area contributed by atoms with Crippen LogP contribution >= 0.6 is 0 Å². The van der Waals surface area contributed by atoms with E-state index in [2.05, 4.69) is 22.9 Å². The van der Waals surface area contributed by atoms with Gasteiger partial charge in [0.15, 0.2) is 0 Å². The predicted octanol–water partition coefficient (Wildman–Crippen LogP) is 5.98. The van der Waals surface area contributed by atoms with Crippen LogP contribution in [0.15, 0.2) is 60.7 Å². The van der Waals surface area contributed by atoms with Gasteiger partial charge in [0.2, 0.25) is 29.5 Å². The molecule has 15 nitrogen and oxygen atoms in total. The highest BCUT2D eigenvalue weighted by atomic mass is 16.6. The molecule has 15 heteroatoms. The van der Waals surface area contributed by atoms with Crippen LogP contribution in [0.4, 0.5) is 4.79 Å². The first-order valence-electron chi connectivity index (χ1n) is 23.6. The third-order valence-electron chi connectivity index (χ3n) is 12.7. The molecule has 6 amide bonds. The summed E-state index contributed by atoms with van der Waals surface area (Å²) in [7, 11) is 6.40. The lowest BCUT2D eigenvalue weighted by atomic mass is 9.87. The van der Waals surface area contributed by atoms with Gasteiger partial charge in [0.1, 0.15) is 17.7 Å². The molecule has 0 bridgehead atoms. The molecule has 0 unspecified atom stereocenters. The highest BCUT2D eigenvalue weighted by molar-refractivity contribution is 6.01. The quantitative estimate of drug-likeness (QED) is 0.120. The van der Waals surface area contributed by atoms with Crippen molar-refractivity contribution in [1.29, 1.82) is 0 Å². The number of amides is 6. The molecular formula is C51H80N6O9. The predicted molar refractivity (Wildman–Crippen MR) is 256 cm³/mol. The van der Waals surface area contributed by atoms with Gasteiger partial charge in [-0.1, -0.05) is 116 Å². The van der Waals surface area contributed by atoms with E-state index in [1.54, 1.807) is 53.6 Å². The largest absolute Gasteiger partial charge is 0.444 e. The standard InChI is InChI=1S/C51H80N6O9/c1-15-34(6)44(55(11)42(32(2)3)48(61)54-49(62)43(33(4)5)56(12)50(63)66-51(8,9)10)40(64-13)30-41(58)57-28-22-27-39(57)45(65-14)35(7)46(59)53-38(29-36-23-18-16-19-24-36)47(60)52-31-37-25-20-17-21-26-37/h16-21,23-26,32-35,38-40,42-45H,15,22,27-31H2,1-14H3,(H,52,60)(H,53,59)(H,54,61,62)/t34-,35+,38-,39-,40+,42-,43-,44-,45+/m0/s1. The molecule has 1 heterocycles. The summed E-state index contributed by atoms with van der Waals surface area (Å²) in [6.07, 6.45) is 0.312. The molecule has 3 rings (SSSR count). The summed E-state index contributed by atoms with van der Waals surface area (Å²) in [6.45, 7) is 19.3. The molecule has 1 aliphatic rings. The van der Waals surface area contributed by atoms with Gasteiger partial charge in [0.05, 0.1) is 36.6 Å². The van der Waals surface area contributed by atoms with Crippen molar-refractivity contribution in [2.45, 2.75) is 156 Å². The Kier molecular flexibility index (Phi) is 21.8. The molecule has 0 saturated carbocycles. The normalized spacial score (nSPS) is 17.8. The summed E-state index contributed by atoms with van der Waals surface area (Å²) in [4.78, 5) is 88.2. The van der Waals surface area contributed by atoms with Crippen molar-refractivity contribution in [1.82, 2.24) is 30.7 Å². The van der Waals surface area contributed by atoms with Crippen molar-refractivity contribution in [3.05, 3.63) is 71.8 Å². The van der Waals surface area contributed by atoms with E-state index in [4.69, 9.17) is 14.2 Å². The Morgan fingerprint density at radius 3 is 1.85 bits per heavy atom. The molecule has 66 heavy (non-hydrogen) atoms. The number of methoxy groups -OCH3 is 2. The molecule has 9 atom stereocenters. The number of hydrogen-bond acceptors (Lipinski definition) is 10. The van der Waals surface area contributed by atoms with Gasteiger partial charge >= 0.3 is 6.09 Å². The van der Waals surface area contributed by atoms with Crippen LogP contribution in [0.25, 0.3) is 0 Å². The highest BCUT2D eigenvalue weighted by Gasteiger charge is 2.44. The van der Waals surface area contributed by atoms with Crippen LogP contribution in [-0.2, 0) is 51.1 Å². The summed E-state index contributed by atoms with van der Waals surface area (Å²) in [5.74, 6) is -3.35. The number of rotatable bonds is 23. The van der Waals surface area contributed by atoms with E-state index >= 15 is 0 Å². The van der Waals surface area contributed by atoms with Crippen LogP contribution in [0, 0.1) is 23.7 Å². The van der Waals surface area contributed by atoms with Gasteiger partial charge < -0.3 is 29.7 Å². The number of likely N-dealkylation sites (tertiary alicyclic amines) is 1. The maximum atomic E-state index is 14.5. The molecule has 1 fully saturated rings. The number of carbonyl (C=O) groups is 6. The van der Waals surface area contributed by atoms with Crippen LogP contribution in [0.2, 0.25) is 0 Å². The summed E-state index contributed by atoms with van der Waals surface area (Å²) in [5, 5.41) is 8.59. The first-order valence-corrected chi connectivity index (χ1v) is 23.6. The van der Waals surface area contributed by atoms with E-state index in [0.717, 1.165) is 11.1 Å². The first kappa shape index (κ1) is 55.5. The van der Waals surface area contributed by atoms with E-state index in [1.165, 1.54) is 19.1 Å². The number of benzene rings is 2. The van der Waals surface area contributed by atoms with E-state index in [9.17, 15) is 28.8 Å². The lowest BCUT2D eigenvalue weighted by molar-refractivity contribution is -0.144. The molecule has 0 aliphatic carbocycles. The highest BCUT2D eigenvalue weighted by Crippen LogP contribution is 2.31. The minimum atomic E-state index is -0.977. The van der Waals surface area contributed by atoms with Crippen LogP contribution in [-0.4, -0.2) is 133 Å².